The summed E-state index contributed by atoms with van der Waals surface area (Å²) < 4.78 is 15.7. The first-order chi connectivity index (χ1) is 16.7. The number of amides is 2. The number of hydrogen-bond donors (Lipinski definition) is 1. The molecule has 194 valence electrons. The Morgan fingerprint density at radius 2 is 1.69 bits per heavy atom. The molecule has 10 heteroatoms. The fraction of sp³-hybridized carbons (Fsp3) is 0.640. The van der Waals surface area contributed by atoms with Crippen molar-refractivity contribution < 1.29 is 28.6 Å². The highest BCUT2D eigenvalue weighted by atomic mass is 32.2. The predicted octanol–water partition coefficient (Wildman–Crippen LogP) is 2.53. The van der Waals surface area contributed by atoms with Gasteiger partial charge < -0.3 is 24.4 Å². The number of thioether (sulfide) groups is 1. The molecule has 0 aromatic heterocycles. The smallest absolute Gasteiger partial charge is 0.330 e. The third-order valence-corrected chi connectivity index (χ3v) is 7.91. The number of rotatable bonds is 12. The summed E-state index contributed by atoms with van der Waals surface area (Å²) in [6.45, 7) is 11.0. The largest absolute Gasteiger partial charge is 0.496 e. The lowest BCUT2D eigenvalue weighted by Crippen LogP contribution is -2.70. The molecule has 2 aliphatic rings. The Hall–Kier alpha value is -2.46. The van der Waals surface area contributed by atoms with Gasteiger partial charge in [-0.05, 0) is 51.9 Å². The zero-order chi connectivity index (χ0) is 25.8. The summed E-state index contributed by atoms with van der Waals surface area (Å²) in [4.78, 5) is 43.0. The maximum atomic E-state index is 13.1. The summed E-state index contributed by atoms with van der Waals surface area (Å²) in [6.07, 6.45) is 2.08. The molecule has 0 radical (unpaired) electrons. The van der Waals surface area contributed by atoms with E-state index in [-0.39, 0.29) is 23.5 Å². The zero-order valence-electron chi connectivity index (χ0n) is 21.5. The summed E-state index contributed by atoms with van der Waals surface area (Å²) >= 11 is 1.50. The molecule has 0 bridgehead atoms. The molecule has 9 nitrogen and oxygen atoms in total. The maximum Gasteiger partial charge on any atom is 0.330 e. The quantitative estimate of drug-likeness (QED) is 0.341. The van der Waals surface area contributed by atoms with E-state index < -0.39 is 28.7 Å². The number of nitrogens with zero attached hydrogens (tertiary/aromatic N) is 2. The Morgan fingerprint density at radius 1 is 1.09 bits per heavy atom. The first kappa shape index (κ1) is 27.1. The van der Waals surface area contributed by atoms with Gasteiger partial charge in [0.25, 0.3) is 5.91 Å². The van der Waals surface area contributed by atoms with Gasteiger partial charge in [-0.3, -0.25) is 14.5 Å². The fourth-order valence-corrected chi connectivity index (χ4v) is 6.36. The third-order valence-electron chi connectivity index (χ3n) is 6.34. The SMILES string of the molecule is CCCN(CCC)CCOC(=O)C1N2C(=O)[C@@H](NC(=O)c3c(OC)cccc3OC)C2SC1(C)C. The van der Waals surface area contributed by atoms with Gasteiger partial charge in [0.2, 0.25) is 5.91 Å². The first-order valence-electron chi connectivity index (χ1n) is 12.1. The van der Waals surface area contributed by atoms with Gasteiger partial charge in [0.15, 0.2) is 0 Å². The van der Waals surface area contributed by atoms with E-state index in [0.717, 1.165) is 25.9 Å². The van der Waals surface area contributed by atoms with E-state index in [2.05, 4.69) is 24.1 Å². The number of hydrogen-bond acceptors (Lipinski definition) is 8. The summed E-state index contributed by atoms with van der Waals surface area (Å²) in [7, 11) is 2.94. The van der Waals surface area contributed by atoms with Crippen LogP contribution in [-0.4, -0.2) is 90.2 Å². The Labute approximate surface area is 211 Å². The molecule has 2 saturated heterocycles. The number of benzene rings is 1. The van der Waals surface area contributed by atoms with E-state index in [0.29, 0.717) is 18.0 Å². The van der Waals surface area contributed by atoms with E-state index in [9.17, 15) is 14.4 Å². The lowest BCUT2D eigenvalue weighted by Gasteiger charge is -2.44. The molecular formula is C25H37N3O6S. The Morgan fingerprint density at radius 3 is 2.23 bits per heavy atom. The van der Waals surface area contributed by atoms with Crippen LogP contribution in [0.3, 0.4) is 0 Å². The van der Waals surface area contributed by atoms with Crippen molar-refractivity contribution in [1.82, 2.24) is 15.1 Å². The van der Waals surface area contributed by atoms with Crippen LogP contribution in [0, 0.1) is 0 Å². The average molecular weight is 508 g/mol. The average Bonchev–Trinajstić information content (AvgIpc) is 3.09. The number of β-lactam (4-membered cyclic amide) rings is 1. The molecule has 3 atom stereocenters. The first-order valence-corrected chi connectivity index (χ1v) is 13.0. The summed E-state index contributed by atoms with van der Waals surface area (Å²) in [6, 6.07) is 3.59. The van der Waals surface area contributed by atoms with Gasteiger partial charge in [0.1, 0.15) is 41.1 Å². The van der Waals surface area contributed by atoms with Crippen LogP contribution in [0.1, 0.15) is 50.9 Å². The van der Waals surface area contributed by atoms with Crippen molar-refractivity contribution in [2.75, 3.05) is 40.5 Å². The third kappa shape index (κ3) is 5.53. The van der Waals surface area contributed by atoms with Crippen LogP contribution < -0.4 is 14.8 Å². The van der Waals surface area contributed by atoms with Crippen molar-refractivity contribution in [2.45, 2.75) is 62.7 Å². The van der Waals surface area contributed by atoms with Crippen LogP contribution >= 0.6 is 11.8 Å². The molecule has 1 N–H and O–H groups in total. The van der Waals surface area contributed by atoms with Crippen molar-refractivity contribution in [3.05, 3.63) is 23.8 Å². The minimum atomic E-state index is -0.746. The maximum absolute atomic E-state index is 13.1. The van der Waals surface area contributed by atoms with Gasteiger partial charge in [-0.25, -0.2) is 4.79 Å². The van der Waals surface area contributed by atoms with Crippen LogP contribution in [0.5, 0.6) is 11.5 Å². The van der Waals surface area contributed by atoms with Crippen molar-refractivity contribution >= 4 is 29.5 Å². The van der Waals surface area contributed by atoms with Gasteiger partial charge >= 0.3 is 5.97 Å². The van der Waals surface area contributed by atoms with Crippen LogP contribution in [0.4, 0.5) is 0 Å². The minimum Gasteiger partial charge on any atom is -0.496 e. The fourth-order valence-electron chi connectivity index (χ4n) is 4.74. The van der Waals surface area contributed by atoms with Gasteiger partial charge in [-0.2, -0.15) is 0 Å². The van der Waals surface area contributed by atoms with Crippen molar-refractivity contribution in [2.24, 2.45) is 0 Å². The van der Waals surface area contributed by atoms with E-state index in [1.165, 1.54) is 26.0 Å². The number of nitrogens with one attached hydrogen (secondary N) is 1. The lowest BCUT2D eigenvalue weighted by molar-refractivity contribution is -0.163. The molecule has 1 aromatic carbocycles. The monoisotopic (exact) mass is 507 g/mol. The molecule has 2 fully saturated rings. The normalized spacial score (nSPS) is 22.4. The topological polar surface area (TPSA) is 97.4 Å². The van der Waals surface area contributed by atoms with E-state index in [4.69, 9.17) is 14.2 Å². The molecule has 2 heterocycles. The van der Waals surface area contributed by atoms with Crippen LogP contribution in [0.2, 0.25) is 0 Å². The van der Waals surface area contributed by atoms with Gasteiger partial charge in [-0.15, -0.1) is 11.8 Å². The minimum absolute atomic E-state index is 0.227. The second kappa shape index (κ2) is 11.5. The van der Waals surface area contributed by atoms with Gasteiger partial charge in [0, 0.05) is 11.3 Å². The van der Waals surface area contributed by atoms with E-state index >= 15 is 0 Å². The van der Waals surface area contributed by atoms with Crippen molar-refractivity contribution in [3.8, 4) is 11.5 Å². The molecule has 0 spiro atoms. The lowest BCUT2D eigenvalue weighted by atomic mass is 9.95. The van der Waals surface area contributed by atoms with Crippen molar-refractivity contribution in [3.63, 3.8) is 0 Å². The number of fused-ring (bicyclic) bond motifs is 1. The molecule has 1 aromatic rings. The highest BCUT2D eigenvalue weighted by molar-refractivity contribution is 8.01. The predicted molar refractivity (Wildman–Crippen MR) is 135 cm³/mol. The molecule has 0 saturated carbocycles. The van der Waals surface area contributed by atoms with E-state index in [1.807, 2.05) is 13.8 Å². The highest BCUT2D eigenvalue weighted by Crippen LogP contribution is 2.51. The molecule has 0 aliphatic carbocycles. The molecule has 2 aliphatic heterocycles. The Balaban J connectivity index is 1.66. The number of carbonyl (C=O) groups excluding carboxylic acids is 3. The van der Waals surface area contributed by atoms with Crippen LogP contribution in [-0.2, 0) is 14.3 Å². The number of esters is 1. The van der Waals surface area contributed by atoms with E-state index in [1.54, 1.807) is 23.1 Å². The molecular weight excluding hydrogens is 470 g/mol. The number of methoxy groups -OCH3 is 2. The second-order valence-electron chi connectivity index (χ2n) is 9.26. The van der Waals surface area contributed by atoms with Crippen LogP contribution in [0.15, 0.2) is 18.2 Å². The van der Waals surface area contributed by atoms with Gasteiger partial charge in [0.05, 0.1) is 14.2 Å². The number of carbonyl (C=O) groups is 3. The molecule has 2 amide bonds. The van der Waals surface area contributed by atoms with Crippen LogP contribution in [0.25, 0.3) is 0 Å². The molecule has 3 rings (SSSR count). The molecule has 35 heavy (non-hydrogen) atoms. The summed E-state index contributed by atoms with van der Waals surface area (Å²) in [5.41, 5.74) is 0.227. The summed E-state index contributed by atoms with van der Waals surface area (Å²) in [5, 5.41) is 2.47. The van der Waals surface area contributed by atoms with Crippen molar-refractivity contribution in [1.29, 1.82) is 0 Å². The second-order valence-corrected chi connectivity index (χ2v) is 11.0. The zero-order valence-corrected chi connectivity index (χ0v) is 22.3. The standard InChI is InChI=1S/C25H37N3O6S/c1-7-12-27(13-8-2)14-15-34-24(31)20-25(3,4)35-23-19(22(30)28(20)23)26-21(29)18-16(32-5)10-9-11-17(18)33-6/h9-11,19-20,23H,7-8,12-15H2,1-6H3,(H,26,29)/t19-,20?,23?/m1/s1. The Kier molecular flexibility index (Phi) is 8.93. The Bertz CT molecular complexity index is 912. The number of ether oxygens (including phenoxy) is 3. The molecule has 2 unspecified atom stereocenters. The summed E-state index contributed by atoms with van der Waals surface area (Å²) in [5.74, 6) is -0.454. The highest BCUT2D eigenvalue weighted by Gasteiger charge is 2.64. The van der Waals surface area contributed by atoms with Gasteiger partial charge in [-0.1, -0.05) is 19.9 Å².